The summed E-state index contributed by atoms with van der Waals surface area (Å²) in [5.74, 6) is -1.93. The Morgan fingerprint density at radius 2 is 1.96 bits per heavy atom. The second kappa shape index (κ2) is 8.18. The van der Waals surface area contributed by atoms with E-state index in [0.717, 1.165) is 12.1 Å². The van der Waals surface area contributed by atoms with Gasteiger partial charge in [-0.3, -0.25) is 9.20 Å². The van der Waals surface area contributed by atoms with E-state index < -0.39 is 28.5 Å². The molecule has 1 N–H and O–H groups in total. The highest BCUT2D eigenvalue weighted by atomic mass is 35.5. The Morgan fingerprint density at radius 3 is 2.54 bits per heavy atom. The largest absolute Gasteiger partial charge is 0.400 e. The Hall–Kier alpha value is -1.93. The minimum Gasteiger partial charge on any atom is -0.338 e. The monoisotopic (exact) mass is 406 g/mol. The zero-order valence-corrected chi connectivity index (χ0v) is 15.4. The summed E-state index contributed by atoms with van der Waals surface area (Å²) < 4.78 is 63.8. The molecule has 0 heterocycles. The van der Waals surface area contributed by atoms with Crippen molar-refractivity contribution < 1.29 is 21.8 Å². The molecule has 0 radical (unpaired) electrons. The van der Waals surface area contributed by atoms with Crippen LogP contribution in [0, 0.1) is 12.7 Å². The Bertz CT molecular complexity index is 868. The molecule has 9 heteroatoms. The number of halogens is 5. The zero-order chi connectivity index (χ0) is 19.5. The number of alkyl halides is 3. The van der Waals surface area contributed by atoms with Crippen LogP contribution >= 0.6 is 11.6 Å². The summed E-state index contributed by atoms with van der Waals surface area (Å²) in [6.45, 7) is 1.41. The molecule has 2 aromatic rings. The number of anilines is 1. The lowest BCUT2D eigenvalue weighted by molar-refractivity contribution is -0.105. The normalized spacial score (nSPS) is 13.6. The molecule has 0 aliphatic heterocycles. The fourth-order valence-corrected chi connectivity index (χ4v) is 3.55. The van der Waals surface area contributed by atoms with Crippen molar-refractivity contribution in [3.05, 3.63) is 58.4 Å². The van der Waals surface area contributed by atoms with Crippen LogP contribution < -0.4 is 5.32 Å². The molecule has 2 aromatic carbocycles. The molecule has 2 rings (SSSR count). The number of benzene rings is 2. The number of hydrogen-bond acceptors (Lipinski definition) is 2. The Morgan fingerprint density at radius 1 is 1.27 bits per heavy atom. The van der Waals surface area contributed by atoms with Gasteiger partial charge in [-0.1, -0.05) is 23.7 Å². The van der Waals surface area contributed by atoms with E-state index in [1.54, 1.807) is 24.3 Å². The molecular formula is C17H15ClF4N2OS. The minimum absolute atomic E-state index is 0.0900. The van der Waals surface area contributed by atoms with E-state index in [9.17, 15) is 21.8 Å². The highest BCUT2D eigenvalue weighted by molar-refractivity contribution is 7.85. The van der Waals surface area contributed by atoms with Crippen molar-refractivity contribution in [3.8, 4) is 0 Å². The van der Waals surface area contributed by atoms with E-state index in [4.69, 9.17) is 11.6 Å². The summed E-state index contributed by atoms with van der Waals surface area (Å²) in [5.41, 5.74) is 0.619. The number of aliphatic imine (C=N–C) groups is 1. The van der Waals surface area contributed by atoms with Crippen molar-refractivity contribution in [3.63, 3.8) is 0 Å². The summed E-state index contributed by atoms with van der Waals surface area (Å²) in [6.07, 6.45) is -4.59. The van der Waals surface area contributed by atoms with Crippen molar-refractivity contribution >= 4 is 33.9 Å². The molecule has 1 unspecified atom stereocenters. The van der Waals surface area contributed by atoms with Gasteiger partial charge in [-0.05, 0) is 36.8 Å². The number of hydrogen-bond donors (Lipinski definition) is 1. The van der Waals surface area contributed by atoms with Crippen molar-refractivity contribution in [2.75, 3.05) is 18.1 Å². The lowest BCUT2D eigenvalue weighted by atomic mass is 10.1. The Balaban J connectivity index is 2.37. The van der Waals surface area contributed by atoms with Crippen LogP contribution in [-0.2, 0) is 10.8 Å². The van der Waals surface area contributed by atoms with Gasteiger partial charge < -0.3 is 5.32 Å². The molecule has 0 saturated carbocycles. The first-order valence-corrected chi connectivity index (χ1v) is 9.05. The fraction of sp³-hybridized carbons (Fsp3) is 0.235. The van der Waals surface area contributed by atoms with Gasteiger partial charge in [0.1, 0.15) is 17.4 Å². The summed E-state index contributed by atoms with van der Waals surface area (Å²) in [4.78, 5) is 3.93. The van der Waals surface area contributed by atoms with Crippen molar-refractivity contribution in [1.82, 2.24) is 0 Å². The summed E-state index contributed by atoms with van der Waals surface area (Å²) >= 11 is 5.93. The molecule has 0 aliphatic rings. The predicted molar refractivity (Wildman–Crippen MR) is 96.0 cm³/mol. The summed E-state index contributed by atoms with van der Waals surface area (Å²) in [7, 11) is -0.870. The maximum absolute atomic E-state index is 14.3. The maximum atomic E-state index is 14.3. The van der Waals surface area contributed by atoms with E-state index in [-0.39, 0.29) is 22.0 Å². The molecule has 26 heavy (non-hydrogen) atoms. The molecule has 0 spiro atoms. The standard InChI is InChI=1S/C17H15ClF4N2OS/c1-10-6-13(19)14(8-15(10)26(25)9-17(20,21)22)24-16(23-2)11-4-3-5-12(18)7-11/h3-8H,9H2,1-2H3,(H,23,24). The van der Waals surface area contributed by atoms with E-state index in [0.29, 0.717) is 10.6 Å². The average molecular weight is 407 g/mol. The highest BCUT2D eigenvalue weighted by Crippen LogP contribution is 2.27. The van der Waals surface area contributed by atoms with Gasteiger partial charge in [-0.15, -0.1) is 0 Å². The molecule has 140 valence electrons. The highest BCUT2D eigenvalue weighted by Gasteiger charge is 2.31. The van der Waals surface area contributed by atoms with Crippen LogP contribution in [0.5, 0.6) is 0 Å². The van der Waals surface area contributed by atoms with Gasteiger partial charge in [-0.2, -0.15) is 13.2 Å². The van der Waals surface area contributed by atoms with Crippen LogP contribution in [0.1, 0.15) is 11.1 Å². The predicted octanol–water partition coefficient (Wildman–Crippen LogP) is 4.95. The van der Waals surface area contributed by atoms with E-state index >= 15 is 0 Å². The molecule has 3 nitrogen and oxygen atoms in total. The zero-order valence-electron chi connectivity index (χ0n) is 13.8. The van der Waals surface area contributed by atoms with Crippen LogP contribution in [-0.4, -0.2) is 29.0 Å². The van der Waals surface area contributed by atoms with Crippen LogP contribution in [0.2, 0.25) is 5.02 Å². The van der Waals surface area contributed by atoms with Crippen LogP contribution in [0.15, 0.2) is 46.3 Å². The van der Waals surface area contributed by atoms with Crippen molar-refractivity contribution in [2.24, 2.45) is 4.99 Å². The number of aryl methyl sites for hydroxylation is 1. The number of amidine groups is 1. The fourth-order valence-electron chi connectivity index (χ4n) is 2.24. The van der Waals surface area contributed by atoms with Gasteiger partial charge in [0.05, 0.1) is 16.5 Å². The quantitative estimate of drug-likeness (QED) is 0.443. The molecule has 0 saturated heterocycles. The second-order valence-corrected chi connectivity index (χ2v) is 7.27. The third kappa shape index (κ3) is 5.28. The van der Waals surface area contributed by atoms with Crippen LogP contribution in [0.25, 0.3) is 0 Å². The van der Waals surface area contributed by atoms with Gasteiger partial charge >= 0.3 is 6.18 Å². The third-order valence-corrected chi connectivity index (χ3v) is 5.13. The average Bonchev–Trinajstić information content (AvgIpc) is 2.52. The maximum Gasteiger partial charge on any atom is 0.400 e. The van der Waals surface area contributed by atoms with Crippen molar-refractivity contribution in [2.45, 2.75) is 18.0 Å². The molecule has 1 atom stereocenters. The molecule has 0 aliphatic carbocycles. The van der Waals surface area contributed by atoms with E-state index in [1.807, 2.05) is 0 Å². The lowest BCUT2D eigenvalue weighted by Crippen LogP contribution is -2.20. The third-order valence-electron chi connectivity index (χ3n) is 3.38. The number of rotatable bonds is 4. The summed E-state index contributed by atoms with van der Waals surface area (Å²) in [6, 6.07) is 8.78. The minimum atomic E-state index is -4.59. The smallest absolute Gasteiger partial charge is 0.338 e. The van der Waals surface area contributed by atoms with Gasteiger partial charge in [0, 0.05) is 22.5 Å². The van der Waals surface area contributed by atoms with Crippen LogP contribution in [0.3, 0.4) is 0 Å². The topological polar surface area (TPSA) is 41.5 Å². The molecule has 0 amide bonds. The van der Waals surface area contributed by atoms with Crippen LogP contribution in [0.4, 0.5) is 23.2 Å². The molecule has 0 bridgehead atoms. The Labute approximate surface area is 155 Å². The van der Waals surface area contributed by atoms with Crippen molar-refractivity contribution in [1.29, 1.82) is 0 Å². The van der Waals surface area contributed by atoms with E-state index in [2.05, 4.69) is 10.3 Å². The first-order chi connectivity index (χ1) is 12.1. The number of nitrogens with one attached hydrogen (secondary N) is 1. The lowest BCUT2D eigenvalue weighted by Gasteiger charge is -2.14. The molecular weight excluding hydrogens is 392 g/mol. The first-order valence-electron chi connectivity index (χ1n) is 7.35. The SMILES string of the molecule is CN=C(Nc1cc(S(=O)CC(F)(F)F)c(C)cc1F)c1cccc(Cl)c1. The Kier molecular flexibility index (Phi) is 6.41. The van der Waals surface area contributed by atoms with Gasteiger partial charge in [0.2, 0.25) is 0 Å². The van der Waals surface area contributed by atoms with Gasteiger partial charge in [-0.25, -0.2) is 4.39 Å². The molecule has 0 aromatic heterocycles. The number of nitrogens with zero attached hydrogens (tertiary/aromatic N) is 1. The van der Waals surface area contributed by atoms with Gasteiger partial charge in [0.25, 0.3) is 0 Å². The summed E-state index contributed by atoms with van der Waals surface area (Å²) in [5, 5.41) is 3.17. The molecule has 0 fully saturated rings. The van der Waals surface area contributed by atoms with Gasteiger partial charge in [0.15, 0.2) is 0 Å². The van der Waals surface area contributed by atoms with E-state index in [1.165, 1.54) is 14.0 Å². The first kappa shape index (κ1) is 20.4. The second-order valence-electron chi connectivity index (χ2n) is 5.41.